The zero-order valence-electron chi connectivity index (χ0n) is 11.7. The second-order valence-electron chi connectivity index (χ2n) is 5.30. The van der Waals surface area contributed by atoms with E-state index in [0.717, 1.165) is 51.6 Å². The lowest BCUT2D eigenvalue weighted by Gasteiger charge is -2.34. The van der Waals surface area contributed by atoms with Crippen LogP contribution in [-0.4, -0.2) is 28.9 Å². The maximum atomic E-state index is 12.5. The average Bonchev–Trinajstić information content (AvgIpc) is 2.38. The number of hydrogen-bond acceptors (Lipinski definition) is 2. The van der Waals surface area contributed by atoms with Crippen LogP contribution in [0.15, 0.2) is 0 Å². The van der Waals surface area contributed by atoms with Gasteiger partial charge in [-0.1, -0.05) is 38.9 Å². The van der Waals surface area contributed by atoms with Gasteiger partial charge in [0, 0.05) is 24.9 Å². The average molecular weight is 270 g/mol. The van der Waals surface area contributed by atoms with Crippen LogP contribution in [0.3, 0.4) is 0 Å². The molecule has 0 aromatic carbocycles. The van der Waals surface area contributed by atoms with Gasteiger partial charge >= 0.3 is 0 Å². The van der Waals surface area contributed by atoms with Gasteiger partial charge in [-0.15, -0.1) is 0 Å². The molecule has 104 valence electrons. The van der Waals surface area contributed by atoms with E-state index in [-0.39, 0.29) is 11.8 Å². The maximum Gasteiger partial charge on any atom is 0.225 e. The van der Waals surface area contributed by atoms with Crippen LogP contribution in [0.4, 0.5) is 0 Å². The zero-order valence-corrected chi connectivity index (χ0v) is 12.5. The molecule has 3 nitrogen and oxygen atoms in total. The molecule has 0 aromatic heterocycles. The summed E-state index contributed by atoms with van der Waals surface area (Å²) >= 11 is 5.06. The van der Waals surface area contributed by atoms with Crippen molar-refractivity contribution in [1.82, 2.24) is 4.90 Å². The fourth-order valence-corrected chi connectivity index (χ4v) is 2.95. The van der Waals surface area contributed by atoms with Crippen LogP contribution in [0.2, 0.25) is 0 Å². The summed E-state index contributed by atoms with van der Waals surface area (Å²) in [5.41, 5.74) is 5.72. The van der Waals surface area contributed by atoms with E-state index in [4.69, 9.17) is 18.0 Å². The molecule has 4 heteroatoms. The zero-order chi connectivity index (χ0) is 13.5. The first-order chi connectivity index (χ1) is 8.60. The predicted molar refractivity (Wildman–Crippen MR) is 79.4 cm³/mol. The Labute approximate surface area is 116 Å². The van der Waals surface area contributed by atoms with Gasteiger partial charge in [0.1, 0.15) is 0 Å². The van der Waals surface area contributed by atoms with E-state index in [1.807, 2.05) is 4.90 Å². The molecule has 1 atom stereocenters. The maximum absolute atomic E-state index is 12.5. The minimum Gasteiger partial charge on any atom is -0.393 e. The molecule has 0 radical (unpaired) electrons. The van der Waals surface area contributed by atoms with Crippen LogP contribution in [0.5, 0.6) is 0 Å². The first kappa shape index (κ1) is 15.4. The van der Waals surface area contributed by atoms with Gasteiger partial charge in [0.05, 0.1) is 4.99 Å². The molecule has 0 bridgehead atoms. The Kier molecular flexibility index (Phi) is 6.61. The number of carbonyl (C=O) groups is 1. The smallest absolute Gasteiger partial charge is 0.225 e. The summed E-state index contributed by atoms with van der Waals surface area (Å²) in [6.45, 7) is 5.90. The van der Waals surface area contributed by atoms with Gasteiger partial charge in [0.15, 0.2) is 0 Å². The van der Waals surface area contributed by atoms with Gasteiger partial charge < -0.3 is 10.6 Å². The number of rotatable bonds is 6. The quantitative estimate of drug-likeness (QED) is 0.755. The molecular formula is C14H26N2OS. The van der Waals surface area contributed by atoms with Gasteiger partial charge in [-0.2, -0.15) is 0 Å². The van der Waals surface area contributed by atoms with Crippen molar-refractivity contribution < 1.29 is 4.79 Å². The van der Waals surface area contributed by atoms with Gasteiger partial charge in [-0.05, 0) is 25.7 Å². The number of nitrogens with two attached hydrogens (primary N) is 1. The lowest BCUT2D eigenvalue weighted by molar-refractivity contribution is -0.137. The van der Waals surface area contributed by atoms with Gasteiger partial charge in [-0.3, -0.25) is 4.79 Å². The predicted octanol–water partition coefficient (Wildman–Crippen LogP) is 2.73. The molecule has 18 heavy (non-hydrogen) atoms. The van der Waals surface area contributed by atoms with E-state index < -0.39 is 0 Å². The second kappa shape index (κ2) is 7.72. The van der Waals surface area contributed by atoms with Crippen LogP contribution >= 0.6 is 12.2 Å². The van der Waals surface area contributed by atoms with Crippen LogP contribution < -0.4 is 5.73 Å². The molecule has 0 spiro atoms. The highest BCUT2D eigenvalue weighted by Gasteiger charge is 2.28. The summed E-state index contributed by atoms with van der Waals surface area (Å²) < 4.78 is 0. The van der Waals surface area contributed by atoms with Crippen molar-refractivity contribution in [3.63, 3.8) is 0 Å². The van der Waals surface area contributed by atoms with Crippen molar-refractivity contribution in [3.05, 3.63) is 0 Å². The third-order valence-corrected chi connectivity index (χ3v) is 4.09. The Morgan fingerprint density at radius 1 is 1.39 bits per heavy atom. The van der Waals surface area contributed by atoms with E-state index >= 15 is 0 Å². The summed E-state index contributed by atoms with van der Waals surface area (Å²) in [4.78, 5) is 15.0. The van der Waals surface area contributed by atoms with Crippen LogP contribution in [-0.2, 0) is 4.79 Å². The Morgan fingerprint density at radius 2 is 2.00 bits per heavy atom. The van der Waals surface area contributed by atoms with Crippen LogP contribution in [0.25, 0.3) is 0 Å². The number of piperidine rings is 1. The number of hydrogen-bond donors (Lipinski definition) is 1. The number of thiocarbonyl (C=S) groups is 1. The van der Waals surface area contributed by atoms with E-state index in [0.29, 0.717) is 10.9 Å². The highest BCUT2D eigenvalue weighted by atomic mass is 32.1. The molecule has 1 aliphatic rings. The first-order valence-electron chi connectivity index (χ1n) is 7.18. The molecule has 1 saturated heterocycles. The Morgan fingerprint density at radius 3 is 2.50 bits per heavy atom. The van der Waals surface area contributed by atoms with E-state index in [2.05, 4.69) is 13.8 Å². The number of carbonyl (C=O) groups excluding carboxylic acids is 1. The number of amides is 1. The minimum atomic E-state index is 0.199. The van der Waals surface area contributed by atoms with Crippen molar-refractivity contribution in [2.75, 3.05) is 13.1 Å². The van der Waals surface area contributed by atoms with Crippen molar-refractivity contribution in [2.45, 2.75) is 52.4 Å². The molecular weight excluding hydrogens is 244 g/mol. The van der Waals surface area contributed by atoms with Crippen molar-refractivity contribution in [2.24, 2.45) is 17.6 Å². The molecule has 1 aliphatic heterocycles. The van der Waals surface area contributed by atoms with Gasteiger partial charge in [-0.25, -0.2) is 0 Å². The van der Waals surface area contributed by atoms with Crippen molar-refractivity contribution in [1.29, 1.82) is 0 Å². The molecule has 0 aromatic rings. The molecule has 1 unspecified atom stereocenters. The minimum absolute atomic E-state index is 0.199. The van der Waals surface area contributed by atoms with Crippen LogP contribution in [0, 0.1) is 11.8 Å². The Bertz CT molecular complexity index is 288. The fourth-order valence-electron chi connectivity index (χ4n) is 2.76. The summed E-state index contributed by atoms with van der Waals surface area (Å²) in [5.74, 6) is 0.742. The number of likely N-dealkylation sites (tertiary alicyclic amines) is 1. The molecule has 1 amide bonds. The topological polar surface area (TPSA) is 46.3 Å². The summed E-state index contributed by atoms with van der Waals surface area (Å²) in [7, 11) is 0. The van der Waals surface area contributed by atoms with Gasteiger partial charge in [0.2, 0.25) is 5.91 Å². The highest BCUT2D eigenvalue weighted by molar-refractivity contribution is 7.80. The first-order valence-corrected chi connectivity index (χ1v) is 7.59. The van der Waals surface area contributed by atoms with E-state index in [1.54, 1.807) is 0 Å². The summed E-state index contributed by atoms with van der Waals surface area (Å²) in [5, 5.41) is 0. The molecule has 0 aliphatic carbocycles. The lowest BCUT2D eigenvalue weighted by atomic mass is 9.93. The van der Waals surface area contributed by atoms with Crippen molar-refractivity contribution >= 4 is 23.1 Å². The fraction of sp³-hybridized carbons (Fsp3) is 0.857. The third kappa shape index (κ3) is 4.23. The standard InChI is InChI=1S/C14H26N2OS/c1-3-6-11(7-4-2)14(17)16-9-5-8-12(10-16)13(15)18/h11-12H,3-10H2,1-2H3,(H2,15,18). The molecule has 1 heterocycles. The second-order valence-corrected chi connectivity index (χ2v) is 5.77. The normalized spacial score (nSPS) is 20.2. The third-order valence-electron chi connectivity index (χ3n) is 3.76. The van der Waals surface area contributed by atoms with Gasteiger partial charge in [0.25, 0.3) is 0 Å². The molecule has 0 saturated carbocycles. The Hall–Kier alpha value is -0.640. The van der Waals surface area contributed by atoms with E-state index in [9.17, 15) is 4.79 Å². The van der Waals surface area contributed by atoms with E-state index in [1.165, 1.54) is 0 Å². The van der Waals surface area contributed by atoms with Crippen molar-refractivity contribution in [3.8, 4) is 0 Å². The summed E-state index contributed by atoms with van der Waals surface area (Å²) in [6, 6.07) is 0. The molecule has 1 fully saturated rings. The monoisotopic (exact) mass is 270 g/mol. The molecule has 1 rings (SSSR count). The van der Waals surface area contributed by atoms with Crippen LogP contribution in [0.1, 0.15) is 52.4 Å². The molecule has 2 N–H and O–H groups in total. The Balaban J connectivity index is 2.60. The lowest BCUT2D eigenvalue weighted by Crippen LogP contribution is -2.45. The summed E-state index contributed by atoms with van der Waals surface area (Å²) in [6.07, 6.45) is 6.21. The highest BCUT2D eigenvalue weighted by Crippen LogP contribution is 2.22. The number of nitrogens with zero attached hydrogens (tertiary/aromatic N) is 1. The largest absolute Gasteiger partial charge is 0.393 e. The SMILES string of the molecule is CCCC(CCC)C(=O)N1CCCC(C(N)=S)C1.